The standard InChI is InChI=1S/C21H25NO6S/c1-29(24,25)27-15-18(22-21(23)26-14-17-5-3-2-4-6-17)13-16-7-9-19(10-8-16)28-20-11-12-20/h2-10,18,20H,11-15H2,1H3,(H,22,23)/t18-/m0/s1. The Morgan fingerprint density at radius 3 is 2.38 bits per heavy atom. The zero-order chi connectivity index (χ0) is 20.7. The minimum absolute atomic E-state index is 0.125. The summed E-state index contributed by atoms with van der Waals surface area (Å²) in [4.78, 5) is 12.2. The average Bonchev–Trinajstić information content (AvgIpc) is 3.50. The quantitative estimate of drug-likeness (QED) is 0.595. The van der Waals surface area contributed by atoms with E-state index in [-0.39, 0.29) is 13.2 Å². The zero-order valence-electron chi connectivity index (χ0n) is 16.2. The molecule has 0 aromatic heterocycles. The molecule has 7 nitrogen and oxygen atoms in total. The third-order valence-electron chi connectivity index (χ3n) is 4.25. The molecule has 1 saturated carbocycles. The molecule has 1 fully saturated rings. The van der Waals surface area contributed by atoms with Crippen LogP contribution in [0.5, 0.6) is 5.75 Å². The topological polar surface area (TPSA) is 90.9 Å². The van der Waals surface area contributed by atoms with Crippen molar-refractivity contribution in [3.05, 3.63) is 65.7 Å². The third-order valence-corrected chi connectivity index (χ3v) is 4.81. The number of ether oxygens (including phenoxy) is 2. The highest BCUT2D eigenvalue weighted by molar-refractivity contribution is 7.85. The molecule has 29 heavy (non-hydrogen) atoms. The van der Waals surface area contributed by atoms with Crippen LogP contribution in [-0.4, -0.2) is 39.5 Å². The Morgan fingerprint density at radius 2 is 1.76 bits per heavy atom. The fourth-order valence-electron chi connectivity index (χ4n) is 2.66. The van der Waals surface area contributed by atoms with E-state index in [2.05, 4.69) is 5.32 Å². The summed E-state index contributed by atoms with van der Waals surface area (Å²) in [5.74, 6) is 0.801. The molecule has 0 radical (unpaired) electrons. The first-order valence-electron chi connectivity index (χ1n) is 9.44. The van der Waals surface area contributed by atoms with Gasteiger partial charge in [-0.2, -0.15) is 8.42 Å². The van der Waals surface area contributed by atoms with Gasteiger partial charge in [-0.25, -0.2) is 4.79 Å². The van der Waals surface area contributed by atoms with Crippen molar-refractivity contribution in [3.63, 3.8) is 0 Å². The van der Waals surface area contributed by atoms with E-state index in [4.69, 9.17) is 13.7 Å². The summed E-state index contributed by atoms with van der Waals surface area (Å²) in [5.41, 5.74) is 1.77. The summed E-state index contributed by atoms with van der Waals surface area (Å²) in [6, 6.07) is 16.2. The summed E-state index contributed by atoms with van der Waals surface area (Å²) >= 11 is 0. The number of carbonyl (C=O) groups is 1. The van der Waals surface area contributed by atoms with Crippen molar-refractivity contribution in [1.29, 1.82) is 0 Å². The van der Waals surface area contributed by atoms with Crippen LogP contribution in [0.1, 0.15) is 24.0 Å². The zero-order valence-corrected chi connectivity index (χ0v) is 17.1. The van der Waals surface area contributed by atoms with Gasteiger partial charge in [0.1, 0.15) is 12.4 Å². The molecule has 1 amide bonds. The molecular weight excluding hydrogens is 394 g/mol. The number of nitrogens with one attached hydrogen (secondary N) is 1. The molecule has 1 atom stereocenters. The van der Waals surface area contributed by atoms with Gasteiger partial charge in [0.25, 0.3) is 10.1 Å². The molecule has 8 heteroatoms. The molecule has 2 aromatic carbocycles. The maximum absolute atomic E-state index is 12.2. The highest BCUT2D eigenvalue weighted by Crippen LogP contribution is 2.26. The molecule has 156 valence electrons. The van der Waals surface area contributed by atoms with Crippen LogP contribution in [0.4, 0.5) is 4.79 Å². The van der Waals surface area contributed by atoms with Crippen molar-refractivity contribution >= 4 is 16.2 Å². The number of amides is 1. The summed E-state index contributed by atoms with van der Waals surface area (Å²) in [6.07, 6.45) is 3.22. The minimum Gasteiger partial charge on any atom is -0.490 e. The summed E-state index contributed by atoms with van der Waals surface area (Å²) in [7, 11) is -3.63. The van der Waals surface area contributed by atoms with Gasteiger partial charge in [-0.15, -0.1) is 0 Å². The Morgan fingerprint density at radius 1 is 1.07 bits per heavy atom. The first kappa shape index (κ1) is 21.1. The van der Waals surface area contributed by atoms with Gasteiger partial charge in [0.15, 0.2) is 0 Å². The van der Waals surface area contributed by atoms with Gasteiger partial charge in [0, 0.05) is 0 Å². The van der Waals surface area contributed by atoms with Gasteiger partial charge >= 0.3 is 6.09 Å². The second-order valence-corrected chi connectivity index (χ2v) is 8.70. The summed E-state index contributed by atoms with van der Waals surface area (Å²) < 4.78 is 38.5. The van der Waals surface area contributed by atoms with Gasteiger partial charge < -0.3 is 14.8 Å². The van der Waals surface area contributed by atoms with Crippen molar-refractivity contribution in [2.75, 3.05) is 12.9 Å². The second kappa shape index (κ2) is 9.76. The van der Waals surface area contributed by atoms with E-state index in [1.807, 2.05) is 54.6 Å². The van der Waals surface area contributed by atoms with Crippen LogP contribution in [-0.2, 0) is 32.1 Å². The first-order chi connectivity index (χ1) is 13.9. The lowest BCUT2D eigenvalue weighted by Crippen LogP contribution is -2.40. The lowest BCUT2D eigenvalue weighted by atomic mass is 10.1. The van der Waals surface area contributed by atoms with Gasteiger partial charge in [-0.3, -0.25) is 4.18 Å². The molecule has 1 aliphatic rings. The van der Waals surface area contributed by atoms with Gasteiger partial charge in [0.2, 0.25) is 0 Å². The number of hydrogen-bond acceptors (Lipinski definition) is 6. The van der Waals surface area contributed by atoms with Crippen LogP contribution in [0.15, 0.2) is 54.6 Å². The fraction of sp³-hybridized carbons (Fsp3) is 0.381. The Kier molecular flexibility index (Phi) is 7.11. The largest absolute Gasteiger partial charge is 0.490 e. The van der Waals surface area contributed by atoms with E-state index in [0.29, 0.717) is 12.5 Å². The van der Waals surface area contributed by atoms with Crippen LogP contribution in [0.2, 0.25) is 0 Å². The van der Waals surface area contributed by atoms with Crippen LogP contribution >= 0.6 is 0 Å². The molecule has 1 N–H and O–H groups in total. The van der Waals surface area contributed by atoms with Crippen LogP contribution in [0, 0.1) is 0 Å². The SMILES string of the molecule is CS(=O)(=O)OC[C@H](Cc1ccc(OC2CC2)cc1)NC(=O)OCc1ccccc1. The van der Waals surface area contributed by atoms with E-state index in [1.54, 1.807) is 0 Å². The Labute approximate surface area is 171 Å². The molecular formula is C21H25NO6S. The third kappa shape index (κ3) is 8.13. The molecule has 3 rings (SSSR count). The van der Waals surface area contributed by atoms with Crippen LogP contribution in [0.25, 0.3) is 0 Å². The predicted octanol–water partition coefficient (Wildman–Crippen LogP) is 3.04. The van der Waals surface area contributed by atoms with Crippen LogP contribution < -0.4 is 10.1 Å². The lowest BCUT2D eigenvalue weighted by Gasteiger charge is -2.18. The van der Waals surface area contributed by atoms with E-state index in [0.717, 1.165) is 36.0 Å². The van der Waals surface area contributed by atoms with Crippen molar-refractivity contribution in [2.45, 2.75) is 38.0 Å². The minimum atomic E-state index is -3.63. The molecule has 0 aliphatic heterocycles. The van der Waals surface area contributed by atoms with Crippen molar-refractivity contribution in [1.82, 2.24) is 5.32 Å². The van der Waals surface area contributed by atoms with E-state index < -0.39 is 22.3 Å². The van der Waals surface area contributed by atoms with Gasteiger partial charge in [-0.05, 0) is 42.5 Å². The van der Waals surface area contributed by atoms with Gasteiger partial charge in [0.05, 0.1) is 25.0 Å². The first-order valence-corrected chi connectivity index (χ1v) is 11.3. The second-order valence-electron chi connectivity index (χ2n) is 7.06. The van der Waals surface area contributed by atoms with Crippen LogP contribution in [0.3, 0.4) is 0 Å². The Balaban J connectivity index is 1.56. The maximum atomic E-state index is 12.2. The number of carbonyl (C=O) groups excluding carboxylic acids is 1. The highest BCUT2D eigenvalue weighted by atomic mass is 32.2. The monoisotopic (exact) mass is 419 g/mol. The van der Waals surface area contributed by atoms with E-state index in [1.165, 1.54) is 0 Å². The average molecular weight is 419 g/mol. The molecule has 2 aromatic rings. The van der Waals surface area contributed by atoms with Crippen molar-refractivity contribution < 1.29 is 26.9 Å². The lowest BCUT2D eigenvalue weighted by molar-refractivity contribution is 0.131. The molecule has 1 aliphatic carbocycles. The smallest absolute Gasteiger partial charge is 0.407 e. The predicted molar refractivity (Wildman–Crippen MR) is 108 cm³/mol. The maximum Gasteiger partial charge on any atom is 0.407 e. The Bertz CT molecular complexity index is 895. The molecule has 0 spiro atoms. The fourth-order valence-corrected chi connectivity index (χ4v) is 3.07. The summed E-state index contributed by atoms with van der Waals surface area (Å²) in [5, 5.41) is 2.68. The Hall–Kier alpha value is -2.58. The number of alkyl carbamates (subject to hydrolysis) is 1. The van der Waals surface area contributed by atoms with E-state index >= 15 is 0 Å². The summed E-state index contributed by atoms with van der Waals surface area (Å²) in [6.45, 7) is -0.0564. The number of hydrogen-bond donors (Lipinski definition) is 1. The molecule has 0 bridgehead atoms. The number of benzene rings is 2. The van der Waals surface area contributed by atoms with Crippen molar-refractivity contribution in [2.24, 2.45) is 0 Å². The molecule has 0 unspecified atom stereocenters. The molecule has 0 heterocycles. The van der Waals surface area contributed by atoms with Crippen molar-refractivity contribution in [3.8, 4) is 5.75 Å². The normalized spacial score (nSPS) is 14.8. The highest BCUT2D eigenvalue weighted by Gasteiger charge is 2.23. The molecule has 0 saturated heterocycles. The van der Waals surface area contributed by atoms with E-state index in [9.17, 15) is 13.2 Å². The van der Waals surface area contributed by atoms with Gasteiger partial charge in [-0.1, -0.05) is 42.5 Å². The number of rotatable bonds is 10.